The molecule has 1 aromatic carbocycles. The van der Waals surface area contributed by atoms with E-state index in [9.17, 15) is 4.79 Å². The predicted octanol–water partition coefficient (Wildman–Crippen LogP) is 2.18. The molecule has 0 fully saturated rings. The second-order valence-electron chi connectivity index (χ2n) is 4.40. The van der Waals surface area contributed by atoms with Gasteiger partial charge >= 0.3 is 5.97 Å². The summed E-state index contributed by atoms with van der Waals surface area (Å²) in [6.07, 6.45) is 3.66. The number of hydrogen-bond acceptors (Lipinski definition) is 4. The third kappa shape index (κ3) is 3.59. The van der Waals surface area contributed by atoms with Gasteiger partial charge in [-0.1, -0.05) is 11.6 Å². The summed E-state index contributed by atoms with van der Waals surface area (Å²) in [5.74, 6) is -0.282. The fraction of sp³-hybridized carbons (Fsp3) is 0.286. The minimum Gasteiger partial charge on any atom is -0.468 e. The van der Waals surface area contributed by atoms with Crippen LogP contribution in [0.5, 0.6) is 0 Å². The Morgan fingerprint density at radius 2 is 2.15 bits per heavy atom. The Hall–Kier alpha value is -1.85. The van der Waals surface area contributed by atoms with Crippen molar-refractivity contribution in [3.63, 3.8) is 0 Å². The van der Waals surface area contributed by atoms with E-state index in [0.29, 0.717) is 11.6 Å². The molecular weight excluding hydrogens is 278 g/mol. The molecule has 0 amide bonds. The molecule has 1 atom stereocenters. The van der Waals surface area contributed by atoms with Crippen LogP contribution in [0, 0.1) is 0 Å². The van der Waals surface area contributed by atoms with Gasteiger partial charge in [0.2, 0.25) is 0 Å². The van der Waals surface area contributed by atoms with E-state index in [-0.39, 0.29) is 12.0 Å². The molecule has 0 spiro atoms. The van der Waals surface area contributed by atoms with Crippen LogP contribution in [0.15, 0.2) is 36.7 Å². The first-order chi connectivity index (χ1) is 9.60. The average molecular weight is 294 g/mol. The molecular formula is C14H16ClN3O2. The molecule has 1 N–H and O–H groups in total. The van der Waals surface area contributed by atoms with E-state index in [1.165, 1.54) is 7.11 Å². The first-order valence-electron chi connectivity index (χ1n) is 6.21. The maximum atomic E-state index is 11.3. The number of aromatic nitrogens is 2. The lowest BCUT2D eigenvalue weighted by Crippen LogP contribution is -2.34. The topological polar surface area (TPSA) is 56.1 Å². The van der Waals surface area contributed by atoms with Gasteiger partial charge in [0, 0.05) is 23.3 Å². The molecule has 0 radical (unpaired) electrons. The molecule has 0 aliphatic rings. The summed E-state index contributed by atoms with van der Waals surface area (Å²) >= 11 is 5.85. The summed E-state index contributed by atoms with van der Waals surface area (Å²) in [6.45, 7) is 2.30. The lowest BCUT2D eigenvalue weighted by molar-refractivity contribution is -0.142. The Kier molecular flexibility index (Phi) is 4.76. The molecule has 0 aliphatic carbocycles. The number of halogens is 1. The fourth-order valence-corrected chi connectivity index (χ4v) is 1.84. The predicted molar refractivity (Wildman–Crippen MR) is 76.9 cm³/mol. The molecule has 20 heavy (non-hydrogen) atoms. The van der Waals surface area contributed by atoms with Gasteiger partial charge in [-0.3, -0.25) is 4.79 Å². The number of benzene rings is 1. The van der Waals surface area contributed by atoms with Gasteiger partial charge in [-0.15, -0.1) is 0 Å². The van der Waals surface area contributed by atoms with Crippen molar-refractivity contribution in [3.8, 4) is 5.69 Å². The van der Waals surface area contributed by atoms with Gasteiger partial charge in [0.05, 0.1) is 19.0 Å². The van der Waals surface area contributed by atoms with E-state index in [1.54, 1.807) is 17.8 Å². The number of nitrogens with zero attached hydrogens (tertiary/aromatic N) is 2. The highest BCUT2D eigenvalue weighted by Gasteiger charge is 2.12. The molecule has 2 aromatic rings. The number of methoxy groups -OCH3 is 1. The van der Waals surface area contributed by atoms with Gasteiger partial charge < -0.3 is 10.1 Å². The zero-order chi connectivity index (χ0) is 14.5. The summed E-state index contributed by atoms with van der Waals surface area (Å²) in [4.78, 5) is 11.3. The van der Waals surface area contributed by atoms with Crippen LogP contribution in [0.25, 0.3) is 5.69 Å². The third-order valence-electron chi connectivity index (χ3n) is 2.89. The number of esters is 1. The second-order valence-corrected chi connectivity index (χ2v) is 4.83. The summed E-state index contributed by atoms with van der Waals surface area (Å²) in [7, 11) is 1.37. The summed E-state index contributed by atoms with van der Waals surface area (Å²) in [6, 6.07) is 7.07. The van der Waals surface area contributed by atoms with Gasteiger partial charge in [0.25, 0.3) is 0 Å². The largest absolute Gasteiger partial charge is 0.468 e. The Bertz CT molecular complexity index is 580. The zero-order valence-corrected chi connectivity index (χ0v) is 12.1. The van der Waals surface area contributed by atoms with Crippen LogP contribution < -0.4 is 5.32 Å². The lowest BCUT2D eigenvalue weighted by atomic mass is 10.3. The minimum absolute atomic E-state index is 0.282. The van der Waals surface area contributed by atoms with E-state index in [0.717, 1.165) is 11.3 Å². The Morgan fingerprint density at radius 1 is 1.45 bits per heavy atom. The van der Waals surface area contributed by atoms with E-state index in [1.807, 2.05) is 30.5 Å². The fourth-order valence-electron chi connectivity index (χ4n) is 1.72. The molecule has 106 valence electrons. The summed E-state index contributed by atoms with van der Waals surface area (Å²) in [5, 5.41) is 8.04. The second kappa shape index (κ2) is 6.54. The number of carbonyl (C=O) groups excluding carboxylic acids is 1. The van der Waals surface area contributed by atoms with Crippen molar-refractivity contribution >= 4 is 17.6 Å². The molecule has 2 rings (SSSR count). The zero-order valence-electron chi connectivity index (χ0n) is 11.3. The van der Waals surface area contributed by atoms with Crippen LogP contribution >= 0.6 is 11.6 Å². The van der Waals surface area contributed by atoms with E-state index in [4.69, 9.17) is 11.6 Å². The van der Waals surface area contributed by atoms with Gasteiger partial charge in [-0.2, -0.15) is 5.10 Å². The quantitative estimate of drug-likeness (QED) is 0.859. The normalized spacial score (nSPS) is 12.2. The number of ether oxygens (including phenoxy) is 1. The first-order valence-corrected chi connectivity index (χ1v) is 6.58. The van der Waals surface area contributed by atoms with Gasteiger partial charge in [0.15, 0.2) is 0 Å². The highest BCUT2D eigenvalue weighted by atomic mass is 35.5. The number of rotatable bonds is 5. The lowest BCUT2D eigenvalue weighted by Gasteiger charge is -2.09. The van der Waals surface area contributed by atoms with Crippen molar-refractivity contribution in [1.29, 1.82) is 0 Å². The molecule has 1 aromatic heterocycles. The highest BCUT2D eigenvalue weighted by molar-refractivity contribution is 6.30. The molecule has 0 unspecified atom stereocenters. The number of nitrogens with one attached hydrogen (secondary N) is 1. The molecule has 5 nitrogen and oxygen atoms in total. The third-order valence-corrected chi connectivity index (χ3v) is 3.15. The molecule has 6 heteroatoms. The van der Waals surface area contributed by atoms with Crippen molar-refractivity contribution in [1.82, 2.24) is 15.1 Å². The van der Waals surface area contributed by atoms with Crippen LogP contribution in [0.3, 0.4) is 0 Å². The summed E-state index contributed by atoms with van der Waals surface area (Å²) in [5.41, 5.74) is 1.91. The molecule has 0 saturated heterocycles. The van der Waals surface area contributed by atoms with Crippen LogP contribution in [-0.2, 0) is 16.1 Å². The van der Waals surface area contributed by atoms with E-state index in [2.05, 4.69) is 15.2 Å². The van der Waals surface area contributed by atoms with Gasteiger partial charge in [-0.25, -0.2) is 4.68 Å². The SMILES string of the molecule is COC(=O)[C@@H](C)NCc1cnn(-c2ccc(Cl)cc2)c1. The Balaban J connectivity index is 1.99. The van der Waals surface area contributed by atoms with Crippen molar-refractivity contribution in [3.05, 3.63) is 47.2 Å². The molecule has 1 heterocycles. The van der Waals surface area contributed by atoms with Crippen molar-refractivity contribution < 1.29 is 9.53 Å². The maximum Gasteiger partial charge on any atom is 0.322 e. The molecule has 0 aliphatic heterocycles. The van der Waals surface area contributed by atoms with Gasteiger partial charge in [0.1, 0.15) is 6.04 Å². The van der Waals surface area contributed by atoms with Crippen LogP contribution in [0.2, 0.25) is 5.02 Å². The number of carbonyl (C=O) groups is 1. The van der Waals surface area contributed by atoms with Crippen molar-refractivity contribution in [2.75, 3.05) is 7.11 Å². The average Bonchev–Trinajstić information content (AvgIpc) is 2.93. The monoisotopic (exact) mass is 293 g/mol. The first kappa shape index (κ1) is 14.6. The van der Waals surface area contributed by atoms with Crippen molar-refractivity contribution in [2.45, 2.75) is 19.5 Å². The Labute approximate surface area is 122 Å². The van der Waals surface area contributed by atoms with Crippen LogP contribution in [-0.4, -0.2) is 28.9 Å². The minimum atomic E-state index is -0.348. The molecule has 0 bridgehead atoms. The summed E-state index contributed by atoms with van der Waals surface area (Å²) < 4.78 is 6.41. The van der Waals surface area contributed by atoms with E-state index < -0.39 is 0 Å². The Morgan fingerprint density at radius 3 is 2.80 bits per heavy atom. The smallest absolute Gasteiger partial charge is 0.322 e. The van der Waals surface area contributed by atoms with Gasteiger partial charge in [-0.05, 0) is 31.2 Å². The van der Waals surface area contributed by atoms with Crippen LogP contribution in [0.1, 0.15) is 12.5 Å². The van der Waals surface area contributed by atoms with Crippen LogP contribution in [0.4, 0.5) is 0 Å². The van der Waals surface area contributed by atoms with E-state index >= 15 is 0 Å². The van der Waals surface area contributed by atoms with Crippen molar-refractivity contribution in [2.24, 2.45) is 0 Å². The standard InChI is InChI=1S/C14H16ClN3O2/c1-10(14(19)20-2)16-7-11-8-17-18(9-11)13-5-3-12(15)4-6-13/h3-6,8-10,16H,7H2,1-2H3/t10-/m1/s1. The number of hydrogen-bond donors (Lipinski definition) is 1. The maximum absolute atomic E-state index is 11.3. The molecule has 0 saturated carbocycles. The highest BCUT2D eigenvalue weighted by Crippen LogP contribution is 2.13.